The van der Waals surface area contributed by atoms with Gasteiger partial charge in [0.2, 0.25) is 0 Å². The zero-order chi connectivity index (χ0) is 63.9. The number of aromatic amines is 2. The minimum Gasteiger partial charge on any atom is -0.337 e. The number of unbranched alkanes of at least 4 members (excludes halogenated alkanes) is 12. The number of carbonyl (C=O) groups is 4. The van der Waals surface area contributed by atoms with E-state index in [4.69, 9.17) is 9.97 Å². The molecule has 12 aromatic carbocycles. The summed E-state index contributed by atoms with van der Waals surface area (Å²) in [6, 6.07) is 50.3. The Balaban J connectivity index is 0.903. The Morgan fingerprint density at radius 1 is 0.309 bits per heavy atom. The number of carbonyl (C=O) groups excluding carboxylic acids is 4. The minimum absolute atomic E-state index is 0.207. The number of aromatic nitrogens is 4. The molecular formula is C84H80N6O4. The van der Waals surface area contributed by atoms with E-state index in [1.54, 1.807) is 9.80 Å². The van der Waals surface area contributed by atoms with Crippen molar-refractivity contribution in [1.29, 1.82) is 0 Å². The van der Waals surface area contributed by atoms with Crippen LogP contribution < -0.4 is 0 Å². The highest BCUT2D eigenvalue weighted by Crippen LogP contribution is 2.53. The van der Waals surface area contributed by atoms with Crippen molar-refractivity contribution in [2.45, 2.75) is 168 Å². The summed E-state index contributed by atoms with van der Waals surface area (Å²) in [7, 11) is 0. The molecule has 2 N–H and O–H groups in total. The van der Waals surface area contributed by atoms with Gasteiger partial charge in [0.15, 0.2) is 0 Å². The number of imide groups is 2. The molecule has 0 spiro atoms. The van der Waals surface area contributed by atoms with Crippen LogP contribution in [-0.4, -0.2) is 65.4 Å². The van der Waals surface area contributed by atoms with Crippen molar-refractivity contribution < 1.29 is 19.2 Å². The highest BCUT2D eigenvalue weighted by atomic mass is 16.2. The average molecular weight is 1240 g/mol. The third kappa shape index (κ3) is 9.31. The Morgan fingerprint density at radius 3 is 1.02 bits per heavy atom. The Hall–Kier alpha value is -9.54. The molecule has 2 aromatic heterocycles. The monoisotopic (exact) mass is 1240 g/mol. The topological polar surface area (TPSA) is 132 Å². The van der Waals surface area contributed by atoms with E-state index in [-0.39, 0.29) is 35.7 Å². The molecule has 0 radical (unpaired) electrons. The summed E-state index contributed by atoms with van der Waals surface area (Å²) in [5.41, 5.74) is 8.90. The molecule has 0 bridgehead atoms. The van der Waals surface area contributed by atoms with Gasteiger partial charge in [-0.15, -0.1) is 0 Å². The van der Waals surface area contributed by atoms with Crippen LogP contribution in [0.1, 0.15) is 198 Å². The second-order valence-corrected chi connectivity index (χ2v) is 27.1. The largest absolute Gasteiger partial charge is 0.337 e. The van der Waals surface area contributed by atoms with E-state index < -0.39 is 0 Å². The number of hydrogen-bond acceptors (Lipinski definition) is 6. The Morgan fingerprint density at radius 2 is 0.649 bits per heavy atom. The summed E-state index contributed by atoms with van der Waals surface area (Å²) in [5, 5.41) is 15.4. The van der Waals surface area contributed by atoms with E-state index in [1.807, 2.05) is 48.5 Å². The SMILES string of the molecule is CCCCCCC(CCCCCC)N1C(=O)c2ccc3c4cccc5c(-c6ccc7c8c6cccc8c6ccc8c9c(c%10[nH]c(-c%11ccccc%11)nc%10c7c96)C(=O)N(C(CCCCCC)CCCCCC)C8=O)ccc(c54)c4c5nc(-c6ccccc6)[nH]c5c(c2c34)C1=O. The number of nitrogens with one attached hydrogen (secondary N) is 2. The first-order chi connectivity index (χ1) is 46.2. The second-order valence-electron chi connectivity index (χ2n) is 27.1. The van der Waals surface area contributed by atoms with E-state index >= 15 is 19.2 Å². The molecule has 0 fully saturated rings. The third-order valence-electron chi connectivity index (χ3n) is 21.4. The van der Waals surface area contributed by atoms with Gasteiger partial charge in [0.05, 0.1) is 33.2 Å². The highest BCUT2D eigenvalue weighted by Gasteiger charge is 2.43. The molecule has 470 valence electrons. The van der Waals surface area contributed by atoms with Gasteiger partial charge in [-0.3, -0.25) is 29.0 Å². The fourth-order valence-electron chi connectivity index (χ4n) is 17.0. The predicted octanol–water partition coefficient (Wildman–Crippen LogP) is 22.4. The maximum atomic E-state index is 15.8. The number of hydrogen-bond donors (Lipinski definition) is 2. The van der Waals surface area contributed by atoms with E-state index in [2.05, 4.69) is 135 Å². The number of fused-ring (bicyclic) bond motifs is 10. The lowest BCUT2D eigenvalue weighted by molar-refractivity contribution is 0.0502. The molecule has 10 nitrogen and oxygen atoms in total. The van der Waals surface area contributed by atoms with Gasteiger partial charge in [-0.05, 0) is 103 Å². The van der Waals surface area contributed by atoms with Gasteiger partial charge in [0, 0.05) is 66.7 Å². The highest BCUT2D eigenvalue weighted by molar-refractivity contribution is 6.46. The van der Waals surface area contributed by atoms with Crippen molar-refractivity contribution in [2.24, 2.45) is 0 Å². The molecule has 0 unspecified atom stereocenters. The van der Waals surface area contributed by atoms with Crippen LogP contribution in [0.2, 0.25) is 0 Å². The van der Waals surface area contributed by atoms with Crippen molar-refractivity contribution in [3.63, 3.8) is 0 Å². The van der Waals surface area contributed by atoms with E-state index in [9.17, 15) is 0 Å². The molecule has 2 aliphatic rings. The van der Waals surface area contributed by atoms with Crippen molar-refractivity contribution in [1.82, 2.24) is 29.7 Å². The average Bonchev–Trinajstić information content (AvgIpc) is 1.11. The van der Waals surface area contributed by atoms with Crippen LogP contribution in [-0.2, 0) is 0 Å². The van der Waals surface area contributed by atoms with E-state index in [0.29, 0.717) is 55.7 Å². The van der Waals surface area contributed by atoms with Crippen molar-refractivity contribution in [3.05, 3.63) is 168 Å². The number of amides is 4. The van der Waals surface area contributed by atoms with Crippen molar-refractivity contribution in [3.8, 4) is 33.9 Å². The van der Waals surface area contributed by atoms with Crippen LogP contribution >= 0.6 is 0 Å². The smallest absolute Gasteiger partial charge is 0.263 e. The van der Waals surface area contributed by atoms with E-state index in [1.165, 1.54) is 0 Å². The third-order valence-corrected chi connectivity index (χ3v) is 21.4. The fourth-order valence-corrected chi connectivity index (χ4v) is 17.0. The van der Waals surface area contributed by atoms with Crippen LogP contribution in [0.25, 0.3) is 142 Å². The van der Waals surface area contributed by atoms with Crippen LogP contribution in [0.3, 0.4) is 0 Å². The maximum Gasteiger partial charge on any atom is 0.263 e. The molecule has 4 heterocycles. The number of imidazole rings is 2. The Kier molecular flexibility index (Phi) is 15.4. The van der Waals surface area contributed by atoms with Gasteiger partial charge in [0.1, 0.15) is 11.6 Å². The fraction of sp³-hybridized carbons (Fsp3) is 0.310. The van der Waals surface area contributed by atoms with Gasteiger partial charge in [0.25, 0.3) is 23.6 Å². The molecule has 10 heteroatoms. The van der Waals surface area contributed by atoms with Gasteiger partial charge in [-0.1, -0.05) is 264 Å². The van der Waals surface area contributed by atoms with Gasteiger partial charge >= 0.3 is 0 Å². The Bertz CT molecular complexity index is 4980. The molecule has 0 aliphatic carbocycles. The molecule has 14 aromatic rings. The lowest BCUT2D eigenvalue weighted by atomic mass is 9.81. The number of rotatable bonds is 25. The number of nitrogens with zero attached hydrogens (tertiary/aromatic N) is 4. The minimum atomic E-state index is -0.237. The Labute approximate surface area is 547 Å². The first kappa shape index (κ1) is 59.5. The number of benzene rings is 12. The van der Waals surface area contributed by atoms with Gasteiger partial charge < -0.3 is 9.97 Å². The number of H-pyrrole nitrogens is 2. The zero-order valence-electron chi connectivity index (χ0n) is 54.6. The quantitative estimate of drug-likeness (QED) is 0.0253. The summed E-state index contributed by atoms with van der Waals surface area (Å²) in [4.78, 5) is 84.2. The van der Waals surface area contributed by atoms with Crippen LogP contribution in [0.15, 0.2) is 146 Å². The van der Waals surface area contributed by atoms with Gasteiger partial charge in [-0.25, -0.2) is 9.97 Å². The van der Waals surface area contributed by atoms with Gasteiger partial charge in [-0.2, -0.15) is 0 Å². The lowest BCUT2D eigenvalue weighted by Crippen LogP contribution is -2.47. The molecule has 2 aliphatic heterocycles. The van der Waals surface area contributed by atoms with Crippen molar-refractivity contribution >= 4 is 132 Å². The molecule has 0 saturated heterocycles. The first-order valence-electron chi connectivity index (χ1n) is 35.3. The van der Waals surface area contributed by atoms with Crippen LogP contribution in [0, 0.1) is 0 Å². The predicted molar refractivity (Wildman–Crippen MR) is 388 cm³/mol. The molecule has 0 saturated carbocycles. The van der Waals surface area contributed by atoms with E-state index in [0.717, 1.165) is 237 Å². The summed E-state index contributed by atoms with van der Waals surface area (Å²) >= 11 is 0. The second kappa shape index (κ2) is 24.4. The maximum absolute atomic E-state index is 15.8. The summed E-state index contributed by atoms with van der Waals surface area (Å²) in [5.74, 6) is 0.454. The molecule has 94 heavy (non-hydrogen) atoms. The summed E-state index contributed by atoms with van der Waals surface area (Å²) in [6.45, 7) is 8.87. The molecule has 16 rings (SSSR count). The van der Waals surface area contributed by atoms with Crippen molar-refractivity contribution in [2.75, 3.05) is 0 Å². The van der Waals surface area contributed by atoms with Crippen LogP contribution in [0.4, 0.5) is 0 Å². The zero-order valence-corrected chi connectivity index (χ0v) is 54.6. The molecule has 0 atom stereocenters. The molecular weight excluding hydrogens is 1160 g/mol. The van der Waals surface area contributed by atoms with Crippen LogP contribution in [0.5, 0.6) is 0 Å². The summed E-state index contributed by atoms with van der Waals surface area (Å²) in [6.07, 6.45) is 20.3. The summed E-state index contributed by atoms with van der Waals surface area (Å²) < 4.78 is 0. The lowest BCUT2D eigenvalue weighted by Gasteiger charge is -2.35. The standard InChI is InChI=1S/C84H80N6O4/c1-5-9-13-23-33-51(34-24-14-10-6-2)89-81(91)63-47-43-59-57-39-27-37-55-53(41-45-61(65(55)57)71-67(59)69(63)73(83(89)93)77-75(71)85-79(87-77)49-29-19-17-20-30-49)54-42-46-62-66-56(54)38-28-40-58(66)60-44-48-64-70-68(60)72(62)76-78(88-80(86-76)50-31-21-18-22-32-50)74(70)84(94)90(82(64)92)52(35-25-15-11-7-3)36-26-16-12-8-4/h17-22,27-32,37-48,51-52H,5-16,23-26,33-36H2,1-4H3,(H,85,87)(H,86,88). The normalized spacial score (nSPS) is 13.8. The first-order valence-corrected chi connectivity index (χ1v) is 35.3. The molecule has 4 amide bonds.